The minimum absolute atomic E-state index is 0. The van der Waals surface area contributed by atoms with Crippen molar-refractivity contribution in [2.24, 2.45) is 4.99 Å². The predicted octanol–water partition coefficient (Wildman–Crippen LogP) is 4.03. The summed E-state index contributed by atoms with van der Waals surface area (Å²) in [4.78, 5) is 6.90. The molecule has 0 bridgehead atoms. The van der Waals surface area contributed by atoms with E-state index in [1.54, 1.807) is 29.7 Å². The number of rotatable bonds is 6. The molecule has 2 aromatic heterocycles. The van der Waals surface area contributed by atoms with Crippen LogP contribution in [0.4, 0.5) is 0 Å². The van der Waals surface area contributed by atoms with Gasteiger partial charge in [-0.15, -0.1) is 46.7 Å². The highest BCUT2D eigenvalue weighted by Gasteiger charge is 2.00. The minimum atomic E-state index is 0. The fourth-order valence-electron chi connectivity index (χ4n) is 1.77. The van der Waals surface area contributed by atoms with Crippen LogP contribution in [0.1, 0.15) is 9.75 Å². The molecule has 7 heteroatoms. The van der Waals surface area contributed by atoms with Gasteiger partial charge in [-0.3, -0.25) is 4.99 Å². The van der Waals surface area contributed by atoms with E-state index in [2.05, 4.69) is 39.2 Å². The van der Waals surface area contributed by atoms with Crippen molar-refractivity contribution in [3.63, 3.8) is 0 Å². The molecule has 0 atom stereocenters. The van der Waals surface area contributed by atoms with E-state index >= 15 is 0 Å². The van der Waals surface area contributed by atoms with Crippen LogP contribution in [0.25, 0.3) is 0 Å². The van der Waals surface area contributed by atoms with E-state index < -0.39 is 0 Å². The molecule has 0 spiro atoms. The molecule has 0 aliphatic rings. The quantitative estimate of drug-likeness (QED) is 0.392. The van der Waals surface area contributed by atoms with Crippen LogP contribution < -0.4 is 10.6 Å². The SMILES string of the molecule is CN=C(NCCc1cccs1)NCCc1ccc(Cl)s1.I. The van der Waals surface area contributed by atoms with Crippen LogP contribution >= 0.6 is 58.3 Å². The van der Waals surface area contributed by atoms with Crippen LogP contribution in [0.5, 0.6) is 0 Å². The van der Waals surface area contributed by atoms with Gasteiger partial charge in [-0.1, -0.05) is 17.7 Å². The van der Waals surface area contributed by atoms with E-state index in [0.29, 0.717) is 0 Å². The Labute approximate surface area is 155 Å². The number of nitrogens with zero attached hydrogens (tertiary/aromatic N) is 1. The van der Waals surface area contributed by atoms with Gasteiger partial charge in [0.25, 0.3) is 0 Å². The fourth-order valence-corrected chi connectivity index (χ4v) is 3.57. The zero-order valence-electron chi connectivity index (χ0n) is 11.8. The summed E-state index contributed by atoms with van der Waals surface area (Å²) in [6, 6.07) is 8.25. The zero-order valence-corrected chi connectivity index (χ0v) is 16.5. The Kier molecular flexibility index (Phi) is 9.30. The van der Waals surface area contributed by atoms with Gasteiger partial charge in [0.2, 0.25) is 0 Å². The average Bonchev–Trinajstić information content (AvgIpc) is 3.09. The predicted molar refractivity (Wildman–Crippen MR) is 106 cm³/mol. The van der Waals surface area contributed by atoms with Crippen LogP contribution in [0.2, 0.25) is 4.34 Å². The molecule has 0 aliphatic heterocycles. The summed E-state index contributed by atoms with van der Waals surface area (Å²) in [5.74, 6) is 0.851. The van der Waals surface area contributed by atoms with Crippen LogP contribution in [-0.2, 0) is 12.8 Å². The summed E-state index contributed by atoms with van der Waals surface area (Å²) in [5, 5.41) is 8.74. The smallest absolute Gasteiger partial charge is 0.190 e. The largest absolute Gasteiger partial charge is 0.356 e. The lowest BCUT2D eigenvalue weighted by Crippen LogP contribution is -2.39. The molecule has 2 heterocycles. The van der Waals surface area contributed by atoms with Crippen LogP contribution in [0.15, 0.2) is 34.6 Å². The summed E-state index contributed by atoms with van der Waals surface area (Å²) >= 11 is 9.33. The van der Waals surface area contributed by atoms with Crippen molar-refractivity contribution >= 4 is 64.2 Å². The van der Waals surface area contributed by atoms with Gasteiger partial charge in [-0.25, -0.2) is 0 Å². The van der Waals surface area contributed by atoms with Crippen molar-refractivity contribution < 1.29 is 0 Å². The molecule has 0 unspecified atom stereocenters. The number of halogens is 2. The Morgan fingerprint density at radius 1 is 1.14 bits per heavy atom. The van der Waals surface area contributed by atoms with Gasteiger partial charge >= 0.3 is 0 Å². The third-order valence-electron chi connectivity index (χ3n) is 2.76. The summed E-state index contributed by atoms with van der Waals surface area (Å²) in [5.41, 5.74) is 0. The maximum atomic E-state index is 5.91. The summed E-state index contributed by atoms with van der Waals surface area (Å²) in [6.45, 7) is 1.75. The van der Waals surface area contributed by atoms with Crippen LogP contribution in [-0.4, -0.2) is 26.1 Å². The summed E-state index contributed by atoms with van der Waals surface area (Å²) < 4.78 is 0.846. The molecule has 0 saturated heterocycles. The maximum Gasteiger partial charge on any atom is 0.190 e. The Morgan fingerprint density at radius 2 is 1.86 bits per heavy atom. The highest BCUT2D eigenvalue weighted by Crippen LogP contribution is 2.21. The molecule has 2 aromatic rings. The van der Waals surface area contributed by atoms with E-state index in [4.69, 9.17) is 11.6 Å². The Hall–Kier alpha value is -0.310. The molecule has 0 aliphatic carbocycles. The molecule has 21 heavy (non-hydrogen) atoms. The molecular formula is C14H19ClIN3S2. The number of thiophene rings is 2. The Balaban J connectivity index is 0.00000220. The van der Waals surface area contributed by atoms with Gasteiger partial charge in [0, 0.05) is 29.9 Å². The summed E-state index contributed by atoms with van der Waals surface area (Å²) in [6.07, 6.45) is 1.99. The molecule has 3 nitrogen and oxygen atoms in total. The first kappa shape index (κ1) is 18.7. The van der Waals surface area contributed by atoms with Crippen molar-refractivity contribution in [2.75, 3.05) is 20.1 Å². The Morgan fingerprint density at radius 3 is 2.38 bits per heavy atom. The van der Waals surface area contributed by atoms with Crippen LogP contribution in [0.3, 0.4) is 0 Å². The van der Waals surface area contributed by atoms with Gasteiger partial charge in [0.05, 0.1) is 4.34 Å². The van der Waals surface area contributed by atoms with E-state index in [1.165, 1.54) is 9.75 Å². The molecule has 0 fully saturated rings. The van der Waals surface area contributed by atoms with Crippen molar-refractivity contribution in [1.82, 2.24) is 10.6 Å². The number of guanidine groups is 1. The first-order valence-corrected chi connectivity index (χ1v) is 8.56. The lowest BCUT2D eigenvalue weighted by molar-refractivity contribution is 0.791. The fraction of sp³-hybridized carbons (Fsp3) is 0.357. The molecule has 0 aromatic carbocycles. The molecule has 0 amide bonds. The standard InChI is InChI=1S/C14H18ClN3S2.HI/c1-16-14(17-8-6-11-3-2-10-19-11)18-9-7-12-4-5-13(15)20-12;/h2-5,10H,6-9H2,1H3,(H2,16,17,18);1H. The monoisotopic (exact) mass is 455 g/mol. The zero-order chi connectivity index (χ0) is 14.2. The van der Waals surface area contributed by atoms with Crippen molar-refractivity contribution in [2.45, 2.75) is 12.8 Å². The topological polar surface area (TPSA) is 36.4 Å². The van der Waals surface area contributed by atoms with E-state index in [0.717, 1.165) is 36.2 Å². The van der Waals surface area contributed by atoms with E-state index in [1.807, 2.05) is 6.07 Å². The second-order valence-electron chi connectivity index (χ2n) is 4.21. The van der Waals surface area contributed by atoms with E-state index in [-0.39, 0.29) is 24.0 Å². The van der Waals surface area contributed by atoms with Gasteiger partial charge in [0.1, 0.15) is 0 Å². The van der Waals surface area contributed by atoms with Gasteiger partial charge < -0.3 is 10.6 Å². The van der Waals surface area contributed by atoms with Gasteiger partial charge in [0.15, 0.2) is 5.96 Å². The van der Waals surface area contributed by atoms with Gasteiger partial charge in [-0.05, 0) is 36.4 Å². The average molecular weight is 456 g/mol. The normalized spacial score (nSPS) is 11.0. The van der Waals surface area contributed by atoms with Crippen molar-refractivity contribution in [3.8, 4) is 0 Å². The second-order valence-corrected chi connectivity index (χ2v) is 7.04. The lowest BCUT2D eigenvalue weighted by Gasteiger charge is -2.10. The highest BCUT2D eigenvalue weighted by atomic mass is 127. The van der Waals surface area contributed by atoms with Gasteiger partial charge in [-0.2, -0.15) is 0 Å². The summed E-state index contributed by atoms with van der Waals surface area (Å²) in [7, 11) is 1.79. The minimum Gasteiger partial charge on any atom is -0.356 e. The second kappa shape index (κ2) is 10.4. The maximum absolute atomic E-state index is 5.91. The Bertz CT molecular complexity index is 540. The molecule has 0 saturated carbocycles. The van der Waals surface area contributed by atoms with Crippen LogP contribution in [0, 0.1) is 0 Å². The first-order valence-electron chi connectivity index (χ1n) is 6.49. The highest BCUT2D eigenvalue weighted by molar-refractivity contribution is 14.0. The molecular weight excluding hydrogens is 437 g/mol. The number of hydrogen-bond acceptors (Lipinski definition) is 3. The number of hydrogen-bond donors (Lipinski definition) is 2. The first-order chi connectivity index (χ1) is 9.78. The van der Waals surface area contributed by atoms with E-state index in [9.17, 15) is 0 Å². The third-order valence-corrected chi connectivity index (χ3v) is 4.99. The van der Waals surface area contributed by atoms with Crippen molar-refractivity contribution in [3.05, 3.63) is 43.7 Å². The number of aliphatic imine (C=N–C) groups is 1. The molecule has 2 rings (SSSR count). The molecule has 116 valence electrons. The lowest BCUT2D eigenvalue weighted by atomic mass is 10.3. The van der Waals surface area contributed by atoms with Crippen molar-refractivity contribution in [1.29, 1.82) is 0 Å². The molecule has 0 radical (unpaired) electrons. The third kappa shape index (κ3) is 6.99. The number of nitrogens with one attached hydrogen (secondary N) is 2. The molecule has 2 N–H and O–H groups in total.